The Labute approximate surface area is 93.1 Å². The molecular weight excluding hydrogens is 192 g/mol. The second-order valence-electron chi connectivity index (χ2n) is 3.70. The van der Waals surface area contributed by atoms with Gasteiger partial charge >= 0.3 is 0 Å². The van der Waals surface area contributed by atoms with Crippen LogP contribution in [0.2, 0.25) is 0 Å². The molecule has 0 aromatic rings. The Hall–Kier alpha value is -0.540. The summed E-state index contributed by atoms with van der Waals surface area (Å²) < 4.78 is 10.5. The van der Waals surface area contributed by atoms with Gasteiger partial charge in [-0.25, -0.2) is 0 Å². The number of rotatable bonds is 9. The lowest BCUT2D eigenvalue weighted by Crippen LogP contribution is -2.24. The Balaban J connectivity index is 3.21. The minimum absolute atomic E-state index is 0.127. The Morgan fingerprint density at radius 1 is 1.27 bits per heavy atom. The molecule has 2 unspecified atom stereocenters. The van der Waals surface area contributed by atoms with Crippen LogP contribution in [-0.4, -0.2) is 30.5 Å². The van der Waals surface area contributed by atoms with Crippen molar-refractivity contribution in [2.75, 3.05) is 13.2 Å². The van der Waals surface area contributed by atoms with Crippen molar-refractivity contribution in [3.8, 4) is 0 Å². The SMILES string of the molecule is CCCCC=COCCOC(C)C(C)O. The molecule has 15 heavy (non-hydrogen) atoms. The molecule has 0 rings (SSSR count). The van der Waals surface area contributed by atoms with E-state index in [1.54, 1.807) is 13.2 Å². The molecule has 1 N–H and O–H groups in total. The summed E-state index contributed by atoms with van der Waals surface area (Å²) in [5, 5.41) is 9.14. The highest BCUT2D eigenvalue weighted by Gasteiger charge is 2.07. The molecule has 0 aromatic carbocycles. The molecule has 2 atom stereocenters. The van der Waals surface area contributed by atoms with Crippen molar-refractivity contribution in [1.29, 1.82) is 0 Å². The number of unbranched alkanes of at least 4 members (excludes halogenated alkanes) is 2. The fraction of sp³-hybridized carbons (Fsp3) is 0.833. The van der Waals surface area contributed by atoms with Crippen LogP contribution in [0.3, 0.4) is 0 Å². The Kier molecular flexibility index (Phi) is 9.63. The largest absolute Gasteiger partial charge is 0.499 e. The van der Waals surface area contributed by atoms with Crippen LogP contribution in [0.4, 0.5) is 0 Å². The maximum atomic E-state index is 9.14. The molecule has 3 heteroatoms. The first-order valence-corrected chi connectivity index (χ1v) is 5.74. The van der Waals surface area contributed by atoms with Crippen molar-refractivity contribution in [3.05, 3.63) is 12.3 Å². The van der Waals surface area contributed by atoms with Crippen LogP contribution in [0.5, 0.6) is 0 Å². The maximum Gasteiger partial charge on any atom is 0.111 e. The molecule has 0 aliphatic rings. The second-order valence-corrected chi connectivity index (χ2v) is 3.70. The summed E-state index contributed by atoms with van der Waals surface area (Å²) in [6, 6.07) is 0. The first kappa shape index (κ1) is 14.5. The number of aliphatic hydroxyl groups excluding tert-OH is 1. The lowest BCUT2D eigenvalue weighted by molar-refractivity contribution is -0.0313. The third-order valence-electron chi connectivity index (χ3n) is 2.18. The van der Waals surface area contributed by atoms with Crippen molar-refractivity contribution in [2.45, 2.75) is 52.2 Å². The van der Waals surface area contributed by atoms with Gasteiger partial charge in [-0.05, 0) is 32.8 Å². The highest BCUT2D eigenvalue weighted by Crippen LogP contribution is 1.98. The van der Waals surface area contributed by atoms with Crippen LogP contribution in [0.25, 0.3) is 0 Å². The molecule has 0 aliphatic carbocycles. The van der Waals surface area contributed by atoms with Crippen molar-refractivity contribution in [3.63, 3.8) is 0 Å². The van der Waals surface area contributed by atoms with Gasteiger partial charge in [-0.3, -0.25) is 0 Å². The van der Waals surface area contributed by atoms with Gasteiger partial charge in [0.2, 0.25) is 0 Å². The molecule has 0 bridgehead atoms. The van der Waals surface area contributed by atoms with E-state index >= 15 is 0 Å². The predicted octanol–water partition coefficient (Wildman–Crippen LogP) is 2.49. The zero-order chi connectivity index (χ0) is 11.5. The molecule has 0 aromatic heterocycles. The van der Waals surface area contributed by atoms with E-state index in [0.29, 0.717) is 13.2 Å². The number of hydrogen-bond donors (Lipinski definition) is 1. The molecule has 90 valence electrons. The molecule has 0 radical (unpaired) electrons. The summed E-state index contributed by atoms with van der Waals surface area (Å²) >= 11 is 0. The Morgan fingerprint density at radius 3 is 2.60 bits per heavy atom. The van der Waals surface area contributed by atoms with E-state index < -0.39 is 6.10 Å². The van der Waals surface area contributed by atoms with Gasteiger partial charge in [0.05, 0.1) is 25.1 Å². The second kappa shape index (κ2) is 9.99. The smallest absolute Gasteiger partial charge is 0.111 e. The van der Waals surface area contributed by atoms with E-state index in [1.165, 1.54) is 12.8 Å². The molecule has 0 fully saturated rings. The number of allylic oxidation sites excluding steroid dienone is 1. The van der Waals surface area contributed by atoms with Gasteiger partial charge in [0.15, 0.2) is 0 Å². The van der Waals surface area contributed by atoms with Gasteiger partial charge in [-0.1, -0.05) is 13.3 Å². The highest BCUT2D eigenvalue weighted by molar-refractivity contribution is 4.72. The van der Waals surface area contributed by atoms with Gasteiger partial charge in [0.1, 0.15) is 6.61 Å². The summed E-state index contributed by atoms with van der Waals surface area (Å²) in [7, 11) is 0. The van der Waals surface area contributed by atoms with Crippen LogP contribution >= 0.6 is 0 Å². The van der Waals surface area contributed by atoms with E-state index in [1.807, 2.05) is 13.0 Å². The summed E-state index contributed by atoms with van der Waals surface area (Å²) in [4.78, 5) is 0. The topological polar surface area (TPSA) is 38.7 Å². The van der Waals surface area contributed by atoms with E-state index in [-0.39, 0.29) is 6.10 Å². The van der Waals surface area contributed by atoms with Crippen molar-refractivity contribution < 1.29 is 14.6 Å². The fourth-order valence-electron chi connectivity index (χ4n) is 0.947. The third-order valence-corrected chi connectivity index (χ3v) is 2.18. The summed E-state index contributed by atoms with van der Waals surface area (Å²) in [6.45, 7) is 6.79. The minimum Gasteiger partial charge on any atom is -0.499 e. The molecular formula is C12H24O3. The zero-order valence-electron chi connectivity index (χ0n) is 10.1. The third kappa shape index (κ3) is 9.76. The normalized spacial score (nSPS) is 15.5. The van der Waals surface area contributed by atoms with E-state index in [9.17, 15) is 0 Å². The van der Waals surface area contributed by atoms with Gasteiger partial charge in [0, 0.05) is 0 Å². The molecule has 3 nitrogen and oxygen atoms in total. The minimum atomic E-state index is -0.426. The van der Waals surface area contributed by atoms with Crippen LogP contribution < -0.4 is 0 Å². The molecule has 0 spiro atoms. The predicted molar refractivity (Wildman–Crippen MR) is 61.7 cm³/mol. The quantitative estimate of drug-likeness (QED) is 0.475. The summed E-state index contributed by atoms with van der Waals surface area (Å²) in [5.74, 6) is 0. The lowest BCUT2D eigenvalue weighted by Gasteiger charge is -2.15. The van der Waals surface area contributed by atoms with E-state index in [4.69, 9.17) is 14.6 Å². The lowest BCUT2D eigenvalue weighted by atomic mass is 10.2. The molecule has 0 aliphatic heterocycles. The van der Waals surface area contributed by atoms with Gasteiger partial charge in [-0.2, -0.15) is 0 Å². The monoisotopic (exact) mass is 216 g/mol. The maximum absolute atomic E-state index is 9.14. The van der Waals surface area contributed by atoms with Gasteiger partial charge in [-0.15, -0.1) is 0 Å². The van der Waals surface area contributed by atoms with Crippen LogP contribution in [0.15, 0.2) is 12.3 Å². The first-order valence-electron chi connectivity index (χ1n) is 5.74. The average Bonchev–Trinajstić information content (AvgIpc) is 2.21. The number of aliphatic hydroxyl groups is 1. The number of hydrogen-bond acceptors (Lipinski definition) is 3. The fourth-order valence-corrected chi connectivity index (χ4v) is 0.947. The Morgan fingerprint density at radius 2 is 2.00 bits per heavy atom. The van der Waals surface area contributed by atoms with Crippen LogP contribution in [-0.2, 0) is 9.47 Å². The summed E-state index contributed by atoms with van der Waals surface area (Å²) in [5.41, 5.74) is 0. The van der Waals surface area contributed by atoms with Crippen molar-refractivity contribution >= 4 is 0 Å². The van der Waals surface area contributed by atoms with Gasteiger partial charge < -0.3 is 14.6 Å². The van der Waals surface area contributed by atoms with E-state index in [0.717, 1.165) is 6.42 Å². The molecule has 0 saturated carbocycles. The summed E-state index contributed by atoms with van der Waals surface area (Å²) in [6.07, 6.45) is 6.69. The highest BCUT2D eigenvalue weighted by atomic mass is 16.5. The van der Waals surface area contributed by atoms with Crippen molar-refractivity contribution in [2.24, 2.45) is 0 Å². The zero-order valence-corrected chi connectivity index (χ0v) is 10.1. The van der Waals surface area contributed by atoms with Crippen LogP contribution in [0.1, 0.15) is 40.0 Å². The molecule has 0 heterocycles. The Bertz CT molecular complexity index is 155. The van der Waals surface area contributed by atoms with Crippen molar-refractivity contribution in [1.82, 2.24) is 0 Å². The number of ether oxygens (including phenoxy) is 2. The average molecular weight is 216 g/mol. The molecule has 0 saturated heterocycles. The van der Waals surface area contributed by atoms with Crippen LogP contribution in [0, 0.1) is 0 Å². The first-order chi connectivity index (χ1) is 7.18. The standard InChI is InChI=1S/C12H24O3/c1-4-5-6-7-8-14-9-10-15-12(3)11(2)13/h7-8,11-13H,4-6,9-10H2,1-3H3. The molecule has 0 amide bonds. The van der Waals surface area contributed by atoms with Gasteiger partial charge in [0.25, 0.3) is 0 Å². The van der Waals surface area contributed by atoms with E-state index in [2.05, 4.69) is 6.92 Å².